The summed E-state index contributed by atoms with van der Waals surface area (Å²) in [5.41, 5.74) is 8.45. The quantitative estimate of drug-likeness (QED) is 0.0636. The molecule has 63 heavy (non-hydrogen) atoms. The van der Waals surface area contributed by atoms with Crippen LogP contribution >= 0.6 is 22.9 Å². The van der Waals surface area contributed by atoms with E-state index in [0.717, 1.165) is 67.8 Å². The highest BCUT2D eigenvalue weighted by Crippen LogP contribution is 2.40. The van der Waals surface area contributed by atoms with E-state index < -0.39 is 6.04 Å². The third kappa shape index (κ3) is 10.8. The molecule has 8 rings (SSSR count). The van der Waals surface area contributed by atoms with Gasteiger partial charge in [0.2, 0.25) is 11.8 Å². The first kappa shape index (κ1) is 43.7. The van der Waals surface area contributed by atoms with E-state index in [1.165, 1.54) is 4.88 Å². The number of aryl methyl sites for hydroxylation is 2. The van der Waals surface area contributed by atoms with Gasteiger partial charge in [-0.1, -0.05) is 29.8 Å². The number of anilines is 3. The number of pyridine rings is 1. The van der Waals surface area contributed by atoms with Crippen molar-refractivity contribution < 1.29 is 28.5 Å². The summed E-state index contributed by atoms with van der Waals surface area (Å²) in [5.74, 6) is 2.65. The van der Waals surface area contributed by atoms with Gasteiger partial charge in [0.1, 0.15) is 35.0 Å². The second kappa shape index (κ2) is 20.5. The van der Waals surface area contributed by atoms with Gasteiger partial charge in [-0.05, 0) is 105 Å². The van der Waals surface area contributed by atoms with Crippen LogP contribution in [-0.2, 0) is 30.2 Å². The van der Waals surface area contributed by atoms with Crippen molar-refractivity contribution >= 4 is 57.7 Å². The van der Waals surface area contributed by atoms with Crippen LogP contribution in [0.3, 0.4) is 0 Å². The van der Waals surface area contributed by atoms with Gasteiger partial charge in [0.15, 0.2) is 5.82 Å². The number of aromatic nitrogens is 4. The summed E-state index contributed by atoms with van der Waals surface area (Å²) in [7, 11) is 0. The molecule has 3 aromatic heterocycles. The SMILES string of the molecule is Cc1sc2c(c1C)C(c1ccc(Cl)cc1)=N[C@@H](CC(=O)Nc1ccc(OCCOCCOCCCOCCNc3ccc(-c4ccc5c(c4)CC(=O)N5)cn3)cc1)c1nnc(C)n1-2. The minimum absolute atomic E-state index is 0.0288. The van der Waals surface area contributed by atoms with Crippen LogP contribution in [-0.4, -0.2) is 90.1 Å². The zero-order valence-corrected chi connectivity index (χ0v) is 37.0. The van der Waals surface area contributed by atoms with Crippen molar-refractivity contribution in [1.29, 1.82) is 0 Å². The molecule has 2 aliphatic heterocycles. The minimum Gasteiger partial charge on any atom is -0.491 e. The van der Waals surface area contributed by atoms with Gasteiger partial charge in [0.05, 0.1) is 45.0 Å². The van der Waals surface area contributed by atoms with Crippen LogP contribution in [0.1, 0.15) is 57.7 Å². The number of hydrogen-bond donors (Lipinski definition) is 3. The van der Waals surface area contributed by atoms with Crippen molar-refractivity contribution in [3.8, 4) is 21.9 Å². The van der Waals surface area contributed by atoms with Crippen molar-refractivity contribution in [3.05, 3.63) is 129 Å². The Morgan fingerprint density at radius 2 is 1.59 bits per heavy atom. The fourth-order valence-corrected chi connectivity index (χ4v) is 8.73. The number of nitrogens with zero attached hydrogens (tertiary/aromatic N) is 5. The summed E-state index contributed by atoms with van der Waals surface area (Å²) in [5, 5.41) is 19.7. The van der Waals surface area contributed by atoms with E-state index in [9.17, 15) is 9.59 Å². The second-order valence-corrected chi connectivity index (χ2v) is 16.8. The van der Waals surface area contributed by atoms with Gasteiger partial charge in [0.25, 0.3) is 0 Å². The van der Waals surface area contributed by atoms with Crippen molar-refractivity contribution in [1.82, 2.24) is 19.7 Å². The topological polar surface area (TPSA) is 163 Å². The zero-order valence-electron chi connectivity index (χ0n) is 35.4. The summed E-state index contributed by atoms with van der Waals surface area (Å²) < 4.78 is 24.9. The summed E-state index contributed by atoms with van der Waals surface area (Å²) in [6, 6.07) is 24.2. The van der Waals surface area contributed by atoms with Crippen molar-refractivity contribution in [2.45, 2.75) is 46.1 Å². The standard InChI is InChI=1S/C47H49ClN8O6S/c1-29-30(2)63-47-44(29)45(32-5-9-36(48)10-6-32)53-40(46-55-54-31(3)56(46)47)27-43(58)51-37-11-13-38(14-12-37)62-24-23-61-22-21-60-19-4-18-59-20-17-49-41-16-8-34(28-50-41)33-7-15-39-35(25-33)26-42(57)52-39/h5-16,25,28,40H,4,17-24,26-27H2,1-3H3,(H,49,50)(H,51,58)(H,52,57)/t40-/m0/s1. The van der Waals surface area contributed by atoms with Gasteiger partial charge >= 0.3 is 0 Å². The Hall–Kier alpha value is -5.97. The Morgan fingerprint density at radius 1 is 0.857 bits per heavy atom. The largest absolute Gasteiger partial charge is 0.491 e. The molecule has 0 bridgehead atoms. The number of benzene rings is 3. The number of fused-ring (bicyclic) bond motifs is 4. The summed E-state index contributed by atoms with van der Waals surface area (Å²) >= 11 is 7.91. The molecule has 2 amide bonds. The van der Waals surface area contributed by atoms with E-state index in [-0.39, 0.29) is 18.2 Å². The molecule has 6 aromatic rings. The predicted octanol–water partition coefficient (Wildman–Crippen LogP) is 8.32. The summed E-state index contributed by atoms with van der Waals surface area (Å²) in [4.78, 5) is 36.0. The van der Waals surface area contributed by atoms with Crippen molar-refractivity contribution in [2.24, 2.45) is 4.99 Å². The van der Waals surface area contributed by atoms with E-state index in [0.29, 0.717) is 81.5 Å². The number of ether oxygens (including phenoxy) is 4. The molecule has 2 aliphatic rings. The fraction of sp³-hybridized carbons (Fsp3) is 0.319. The monoisotopic (exact) mass is 888 g/mol. The van der Waals surface area contributed by atoms with Crippen LogP contribution in [0.2, 0.25) is 5.02 Å². The first-order valence-electron chi connectivity index (χ1n) is 21.0. The molecule has 3 N–H and O–H groups in total. The molecular formula is C47H49ClN8O6S. The zero-order chi connectivity index (χ0) is 43.7. The van der Waals surface area contributed by atoms with Gasteiger partial charge in [-0.3, -0.25) is 19.1 Å². The smallest absolute Gasteiger partial charge is 0.228 e. The van der Waals surface area contributed by atoms with Gasteiger partial charge < -0.3 is 34.9 Å². The number of carbonyl (C=O) groups is 2. The van der Waals surface area contributed by atoms with E-state index in [4.69, 9.17) is 35.5 Å². The summed E-state index contributed by atoms with van der Waals surface area (Å²) in [6.45, 7) is 10.2. The molecule has 0 fully saturated rings. The van der Waals surface area contributed by atoms with E-state index in [2.05, 4.69) is 45.0 Å². The van der Waals surface area contributed by atoms with Gasteiger partial charge in [-0.25, -0.2) is 4.98 Å². The van der Waals surface area contributed by atoms with Crippen LogP contribution < -0.4 is 20.7 Å². The number of hydrogen-bond acceptors (Lipinski definition) is 12. The number of nitrogens with one attached hydrogen (secondary N) is 3. The number of thiophene rings is 1. The van der Waals surface area contributed by atoms with Crippen LogP contribution in [0, 0.1) is 20.8 Å². The third-order valence-electron chi connectivity index (χ3n) is 10.7. The number of aliphatic imine (C=N–C) groups is 1. The maximum atomic E-state index is 13.5. The fourth-order valence-electron chi connectivity index (χ4n) is 7.39. The van der Waals surface area contributed by atoms with Gasteiger partial charge in [-0.2, -0.15) is 0 Å². The first-order valence-corrected chi connectivity index (χ1v) is 22.1. The molecule has 0 aliphatic carbocycles. The van der Waals surface area contributed by atoms with E-state index in [1.807, 2.05) is 96.6 Å². The minimum atomic E-state index is -0.567. The number of carbonyl (C=O) groups excluding carboxylic acids is 2. The molecule has 326 valence electrons. The number of amides is 2. The molecule has 14 nitrogen and oxygen atoms in total. The molecule has 0 unspecified atom stereocenters. The highest BCUT2D eigenvalue weighted by Gasteiger charge is 2.32. The van der Waals surface area contributed by atoms with Crippen LogP contribution in [0.5, 0.6) is 5.75 Å². The average molecular weight is 889 g/mol. The number of halogens is 1. The molecule has 0 spiro atoms. The Balaban J connectivity index is 0.691. The molecule has 0 radical (unpaired) electrons. The molecule has 3 aromatic carbocycles. The van der Waals surface area contributed by atoms with Crippen molar-refractivity contribution in [2.75, 3.05) is 68.7 Å². The molecule has 0 saturated heterocycles. The first-order chi connectivity index (χ1) is 30.7. The molecule has 0 saturated carbocycles. The van der Waals surface area contributed by atoms with Crippen LogP contribution in [0.15, 0.2) is 90.1 Å². The Bertz CT molecular complexity index is 2580. The van der Waals surface area contributed by atoms with Gasteiger partial charge in [0, 0.05) is 63.9 Å². The van der Waals surface area contributed by atoms with E-state index >= 15 is 0 Å². The van der Waals surface area contributed by atoms with Crippen molar-refractivity contribution in [3.63, 3.8) is 0 Å². The lowest BCUT2D eigenvalue weighted by atomic mass is 9.99. The predicted molar refractivity (Wildman–Crippen MR) is 246 cm³/mol. The third-order valence-corrected chi connectivity index (χ3v) is 12.1. The maximum absolute atomic E-state index is 13.5. The Labute approximate surface area is 375 Å². The Kier molecular flexibility index (Phi) is 14.2. The average Bonchev–Trinajstić information content (AvgIpc) is 3.92. The van der Waals surface area contributed by atoms with E-state index in [1.54, 1.807) is 11.3 Å². The lowest BCUT2D eigenvalue weighted by molar-refractivity contribution is -0.117. The molecule has 5 heterocycles. The highest BCUT2D eigenvalue weighted by atomic mass is 35.5. The van der Waals surface area contributed by atoms with Gasteiger partial charge in [-0.15, -0.1) is 21.5 Å². The molecule has 16 heteroatoms. The lowest BCUT2D eigenvalue weighted by Gasteiger charge is -2.13. The summed E-state index contributed by atoms with van der Waals surface area (Å²) in [6.07, 6.45) is 3.10. The molecular weight excluding hydrogens is 840 g/mol. The normalized spacial score (nSPS) is 14.0. The van der Waals surface area contributed by atoms with Crippen LogP contribution in [0.25, 0.3) is 16.1 Å². The Morgan fingerprint density at radius 3 is 2.37 bits per heavy atom. The highest BCUT2D eigenvalue weighted by molar-refractivity contribution is 7.15. The molecule has 1 atom stereocenters. The lowest BCUT2D eigenvalue weighted by Crippen LogP contribution is -2.17. The van der Waals surface area contributed by atoms with Crippen LogP contribution in [0.4, 0.5) is 17.2 Å². The second-order valence-electron chi connectivity index (χ2n) is 15.2. The number of rotatable bonds is 20. The maximum Gasteiger partial charge on any atom is 0.228 e.